The summed E-state index contributed by atoms with van der Waals surface area (Å²) < 4.78 is 0. The highest BCUT2D eigenvalue weighted by Gasteiger charge is 2.02. The largest absolute Gasteiger partial charge is 0.366 e. The Morgan fingerprint density at radius 1 is 0.588 bits per heavy atom. The van der Waals surface area contributed by atoms with Gasteiger partial charge in [-0.3, -0.25) is 9.59 Å². The molecule has 4 nitrogen and oxygen atoms in total. The first-order chi connectivity index (χ1) is 16.6. The molecule has 0 saturated carbocycles. The summed E-state index contributed by atoms with van der Waals surface area (Å²) in [5.41, 5.74) is 6.29. The molecule has 2 aromatic carbocycles. The molecule has 0 heterocycles. The molecule has 0 radical (unpaired) electrons. The number of unbranched alkanes of at least 4 members (excludes halogenated alkanes) is 13. The Balaban J connectivity index is 0.000000533. The molecule has 0 saturated heterocycles. The minimum absolute atomic E-state index is 0.0512. The number of amides is 2. The van der Waals surface area contributed by atoms with Crippen LogP contribution in [0.4, 0.5) is 0 Å². The van der Waals surface area contributed by atoms with E-state index in [1.807, 2.05) is 36.4 Å². The smallest absolute Gasteiger partial charge is 0.251 e. The van der Waals surface area contributed by atoms with Crippen LogP contribution in [-0.4, -0.2) is 18.4 Å². The molecule has 2 rings (SSSR count). The summed E-state index contributed by atoms with van der Waals surface area (Å²) in [5, 5.41) is 3.00. The summed E-state index contributed by atoms with van der Waals surface area (Å²) in [7, 11) is 0. The van der Waals surface area contributed by atoms with Crippen LogP contribution in [-0.2, 0) is 0 Å². The van der Waals surface area contributed by atoms with Gasteiger partial charge in [0.2, 0.25) is 5.91 Å². The SMILES string of the molecule is CCCCCCCCCCCCCCCCNC(=O)c1ccccc1.NC(=O)c1ccccc1. The predicted octanol–water partition coefficient (Wildman–Crippen LogP) is 7.68. The molecule has 0 aliphatic rings. The van der Waals surface area contributed by atoms with E-state index in [1.54, 1.807) is 24.3 Å². The van der Waals surface area contributed by atoms with Crippen LogP contribution >= 0.6 is 0 Å². The monoisotopic (exact) mass is 466 g/mol. The van der Waals surface area contributed by atoms with Gasteiger partial charge in [-0.15, -0.1) is 0 Å². The Kier molecular flexibility index (Phi) is 18.1. The summed E-state index contributed by atoms with van der Waals surface area (Å²) in [6.45, 7) is 3.08. The van der Waals surface area contributed by atoms with E-state index < -0.39 is 0 Å². The first kappa shape index (κ1) is 29.4. The lowest BCUT2D eigenvalue weighted by atomic mass is 10.0. The third kappa shape index (κ3) is 16.1. The molecule has 3 N–H and O–H groups in total. The Hall–Kier alpha value is -2.62. The molecule has 0 spiro atoms. The van der Waals surface area contributed by atoms with Crippen molar-refractivity contribution in [1.82, 2.24) is 5.32 Å². The van der Waals surface area contributed by atoms with Gasteiger partial charge >= 0.3 is 0 Å². The molecule has 0 aliphatic heterocycles. The Bertz CT molecular complexity index is 747. The van der Waals surface area contributed by atoms with Crippen LogP contribution in [0.15, 0.2) is 60.7 Å². The molecular weight excluding hydrogens is 420 g/mol. The first-order valence-electron chi connectivity index (χ1n) is 13.3. The topological polar surface area (TPSA) is 72.2 Å². The molecule has 188 valence electrons. The first-order valence-corrected chi connectivity index (χ1v) is 13.3. The number of carbonyl (C=O) groups excluding carboxylic acids is 2. The van der Waals surface area contributed by atoms with Crippen LogP contribution in [0.25, 0.3) is 0 Å². The fraction of sp³-hybridized carbons (Fsp3) is 0.533. The third-order valence-corrected chi connectivity index (χ3v) is 5.91. The third-order valence-electron chi connectivity index (χ3n) is 5.91. The minimum atomic E-state index is -0.379. The summed E-state index contributed by atoms with van der Waals surface area (Å²) in [4.78, 5) is 22.3. The molecular formula is C30H46N2O2. The minimum Gasteiger partial charge on any atom is -0.366 e. The maximum atomic E-state index is 11.9. The zero-order valence-corrected chi connectivity index (χ0v) is 21.3. The van der Waals surface area contributed by atoms with Crippen molar-refractivity contribution < 1.29 is 9.59 Å². The van der Waals surface area contributed by atoms with Crippen LogP contribution in [0.5, 0.6) is 0 Å². The second kappa shape index (κ2) is 20.9. The average molecular weight is 467 g/mol. The molecule has 0 unspecified atom stereocenters. The Morgan fingerprint density at radius 2 is 0.971 bits per heavy atom. The number of carbonyl (C=O) groups is 2. The summed E-state index contributed by atoms with van der Waals surface area (Å²) >= 11 is 0. The van der Waals surface area contributed by atoms with Crippen molar-refractivity contribution in [3.8, 4) is 0 Å². The quantitative estimate of drug-likeness (QED) is 0.235. The number of hydrogen-bond donors (Lipinski definition) is 2. The van der Waals surface area contributed by atoms with E-state index in [2.05, 4.69) is 12.2 Å². The van der Waals surface area contributed by atoms with Gasteiger partial charge in [0, 0.05) is 17.7 Å². The normalized spacial score (nSPS) is 10.3. The summed E-state index contributed by atoms with van der Waals surface area (Å²) in [5.74, 6) is -0.328. The van der Waals surface area contributed by atoms with Crippen LogP contribution in [0.1, 0.15) is 118 Å². The van der Waals surface area contributed by atoms with Gasteiger partial charge in [-0.25, -0.2) is 0 Å². The van der Waals surface area contributed by atoms with Gasteiger partial charge in [-0.05, 0) is 30.7 Å². The average Bonchev–Trinajstić information content (AvgIpc) is 2.87. The second-order valence-electron chi connectivity index (χ2n) is 8.95. The van der Waals surface area contributed by atoms with Gasteiger partial charge < -0.3 is 11.1 Å². The van der Waals surface area contributed by atoms with E-state index in [1.165, 1.54) is 83.5 Å². The number of hydrogen-bond acceptors (Lipinski definition) is 2. The maximum Gasteiger partial charge on any atom is 0.251 e. The molecule has 0 bridgehead atoms. The van der Waals surface area contributed by atoms with Crippen LogP contribution in [0, 0.1) is 0 Å². The highest BCUT2D eigenvalue weighted by molar-refractivity contribution is 5.94. The van der Waals surface area contributed by atoms with Crippen molar-refractivity contribution >= 4 is 11.8 Å². The number of rotatable bonds is 17. The van der Waals surface area contributed by atoms with Crippen molar-refractivity contribution in [1.29, 1.82) is 0 Å². The van der Waals surface area contributed by atoms with Gasteiger partial charge in [-0.1, -0.05) is 127 Å². The van der Waals surface area contributed by atoms with Gasteiger partial charge in [0.25, 0.3) is 5.91 Å². The van der Waals surface area contributed by atoms with Crippen LogP contribution in [0.2, 0.25) is 0 Å². The Labute approximate surface area is 207 Å². The van der Waals surface area contributed by atoms with Crippen LogP contribution < -0.4 is 11.1 Å². The van der Waals surface area contributed by atoms with E-state index >= 15 is 0 Å². The van der Waals surface area contributed by atoms with E-state index in [0.717, 1.165) is 18.5 Å². The van der Waals surface area contributed by atoms with Crippen molar-refractivity contribution in [2.75, 3.05) is 6.54 Å². The molecule has 0 aromatic heterocycles. The molecule has 2 aromatic rings. The van der Waals surface area contributed by atoms with Gasteiger partial charge in [0.15, 0.2) is 0 Å². The zero-order chi connectivity index (χ0) is 24.7. The summed E-state index contributed by atoms with van der Waals surface area (Å²) in [6, 6.07) is 18.2. The molecule has 2 amide bonds. The maximum absolute atomic E-state index is 11.9. The fourth-order valence-corrected chi connectivity index (χ4v) is 3.82. The van der Waals surface area contributed by atoms with Crippen LogP contribution in [0.3, 0.4) is 0 Å². The number of nitrogens with two attached hydrogens (primary N) is 1. The molecule has 0 aliphatic carbocycles. The molecule has 4 heteroatoms. The number of primary amides is 1. The standard InChI is InChI=1S/C23H39NO.C7H7NO/c1-2-3-4-5-6-7-8-9-10-11-12-13-14-18-21-24-23(25)22-19-16-15-17-20-22;8-7(9)6-4-2-1-3-5-6/h15-17,19-20H,2-14,18,21H2,1H3,(H,24,25);1-5H,(H2,8,9). The lowest BCUT2D eigenvalue weighted by molar-refractivity contribution is 0.0951. The van der Waals surface area contributed by atoms with E-state index in [4.69, 9.17) is 5.73 Å². The van der Waals surface area contributed by atoms with E-state index in [0.29, 0.717) is 5.56 Å². The predicted molar refractivity (Wildman–Crippen MR) is 144 cm³/mol. The van der Waals surface area contributed by atoms with Gasteiger partial charge in [-0.2, -0.15) is 0 Å². The van der Waals surface area contributed by atoms with Crippen molar-refractivity contribution in [2.45, 2.75) is 96.8 Å². The molecule has 0 atom stereocenters. The van der Waals surface area contributed by atoms with Crippen molar-refractivity contribution in [2.24, 2.45) is 5.73 Å². The highest BCUT2D eigenvalue weighted by atomic mass is 16.2. The van der Waals surface area contributed by atoms with Crippen molar-refractivity contribution in [3.05, 3.63) is 71.8 Å². The fourth-order valence-electron chi connectivity index (χ4n) is 3.82. The lowest BCUT2D eigenvalue weighted by Gasteiger charge is -2.05. The van der Waals surface area contributed by atoms with Gasteiger partial charge in [0.1, 0.15) is 0 Å². The van der Waals surface area contributed by atoms with E-state index in [-0.39, 0.29) is 11.8 Å². The number of benzene rings is 2. The van der Waals surface area contributed by atoms with E-state index in [9.17, 15) is 9.59 Å². The Morgan fingerprint density at radius 3 is 1.35 bits per heavy atom. The highest BCUT2D eigenvalue weighted by Crippen LogP contribution is 2.12. The molecule has 34 heavy (non-hydrogen) atoms. The summed E-state index contributed by atoms with van der Waals surface area (Å²) in [6.07, 6.45) is 19.1. The zero-order valence-electron chi connectivity index (χ0n) is 21.3. The molecule has 0 fully saturated rings. The van der Waals surface area contributed by atoms with Gasteiger partial charge in [0.05, 0.1) is 0 Å². The second-order valence-corrected chi connectivity index (χ2v) is 8.95. The number of nitrogens with one attached hydrogen (secondary N) is 1. The lowest BCUT2D eigenvalue weighted by Crippen LogP contribution is -2.24. The van der Waals surface area contributed by atoms with Crippen molar-refractivity contribution in [3.63, 3.8) is 0 Å².